The van der Waals surface area contributed by atoms with Gasteiger partial charge in [0.05, 0.1) is 12.8 Å². The fraction of sp³-hybridized carbons (Fsp3) is 0.111. The van der Waals surface area contributed by atoms with Crippen LogP contribution in [0.4, 0.5) is 5.69 Å². The van der Waals surface area contributed by atoms with Crippen molar-refractivity contribution >= 4 is 17.7 Å². The molecule has 1 rings (SSSR count). The van der Waals surface area contributed by atoms with Gasteiger partial charge in [0, 0.05) is 6.07 Å². The average Bonchev–Trinajstić information content (AvgIpc) is 2.17. The van der Waals surface area contributed by atoms with Crippen LogP contribution in [0.5, 0.6) is 5.75 Å². The topological polar surface area (TPSA) is 76.0 Å². The number of carbonyl (C=O) groups is 1. The molecule has 5 heteroatoms. The molecule has 1 N–H and O–H groups in total. The Hall–Kier alpha value is -2.13. The normalized spacial score (nSPS) is 8.93. The van der Waals surface area contributed by atoms with Gasteiger partial charge in [-0.3, -0.25) is 0 Å². The first-order valence-electron chi connectivity index (χ1n) is 3.68. The predicted octanol–water partition coefficient (Wildman–Crippen LogP) is 1.15. The van der Waals surface area contributed by atoms with E-state index in [2.05, 4.69) is 9.73 Å². The van der Waals surface area contributed by atoms with Crippen LogP contribution in [0.15, 0.2) is 23.2 Å². The number of rotatable bonds is 2. The van der Waals surface area contributed by atoms with E-state index in [4.69, 9.17) is 0 Å². The van der Waals surface area contributed by atoms with E-state index < -0.39 is 5.97 Å². The minimum atomic E-state index is -0.649. The lowest BCUT2D eigenvalue weighted by molar-refractivity contribution is 0.0597. The largest absolute Gasteiger partial charge is 0.507 e. The predicted molar refractivity (Wildman–Crippen MR) is 47.2 cm³/mol. The zero-order valence-electron chi connectivity index (χ0n) is 7.35. The van der Waals surface area contributed by atoms with E-state index in [1.54, 1.807) is 0 Å². The third-order valence-electron chi connectivity index (χ3n) is 1.56. The summed E-state index contributed by atoms with van der Waals surface area (Å²) in [7, 11) is 1.21. The molecule has 1 aromatic carbocycles. The lowest BCUT2D eigenvalue weighted by Crippen LogP contribution is -2.00. The van der Waals surface area contributed by atoms with Crippen LogP contribution in [0.2, 0.25) is 0 Å². The summed E-state index contributed by atoms with van der Waals surface area (Å²) in [5.74, 6) is -0.933. The van der Waals surface area contributed by atoms with Gasteiger partial charge in [0.1, 0.15) is 11.3 Å². The number of hydrogen-bond acceptors (Lipinski definition) is 5. The number of aliphatic imine (C=N–C) groups is 1. The molecule has 0 saturated heterocycles. The van der Waals surface area contributed by atoms with Crippen LogP contribution in [0.3, 0.4) is 0 Å². The maximum atomic E-state index is 11.0. The average molecular weight is 193 g/mol. The summed E-state index contributed by atoms with van der Waals surface area (Å²) in [5, 5.41) is 9.33. The maximum Gasteiger partial charge on any atom is 0.341 e. The van der Waals surface area contributed by atoms with Crippen molar-refractivity contribution in [1.29, 1.82) is 0 Å². The molecule has 1 aromatic rings. The maximum absolute atomic E-state index is 11.0. The Kier molecular flexibility index (Phi) is 2.99. The summed E-state index contributed by atoms with van der Waals surface area (Å²) < 4.78 is 4.41. The van der Waals surface area contributed by atoms with Gasteiger partial charge in [-0.1, -0.05) is 0 Å². The third kappa shape index (κ3) is 1.97. The first-order chi connectivity index (χ1) is 6.69. The Bertz CT molecular complexity index is 407. The van der Waals surface area contributed by atoms with Crippen LogP contribution in [0.25, 0.3) is 0 Å². The summed E-state index contributed by atoms with van der Waals surface area (Å²) in [4.78, 5) is 24.2. The van der Waals surface area contributed by atoms with Gasteiger partial charge in [0.25, 0.3) is 0 Å². The van der Waals surface area contributed by atoms with Crippen LogP contribution in [-0.4, -0.2) is 24.3 Å². The highest BCUT2D eigenvalue weighted by molar-refractivity contribution is 5.92. The minimum Gasteiger partial charge on any atom is -0.507 e. The van der Waals surface area contributed by atoms with Crippen molar-refractivity contribution in [3.05, 3.63) is 23.8 Å². The number of phenols is 1. The SMILES string of the molecule is COC(=O)c1ccc(N=C=O)cc1O. The molecule has 14 heavy (non-hydrogen) atoms. The highest BCUT2D eigenvalue weighted by atomic mass is 16.5. The van der Waals surface area contributed by atoms with Crippen molar-refractivity contribution in [2.24, 2.45) is 4.99 Å². The van der Waals surface area contributed by atoms with Crippen LogP contribution in [0.1, 0.15) is 10.4 Å². The quantitative estimate of drug-likeness (QED) is 0.434. The van der Waals surface area contributed by atoms with E-state index >= 15 is 0 Å². The summed E-state index contributed by atoms with van der Waals surface area (Å²) >= 11 is 0. The summed E-state index contributed by atoms with van der Waals surface area (Å²) in [5.41, 5.74) is 0.252. The van der Waals surface area contributed by atoms with Crippen molar-refractivity contribution in [3.63, 3.8) is 0 Å². The Labute approximate surface area is 79.7 Å². The number of phenolic OH excluding ortho intramolecular Hbond substituents is 1. The van der Waals surface area contributed by atoms with E-state index in [9.17, 15) is 14.7 Å². The second-order valence-electron chi connectivity index (χ2n) is 2.40. The second kappa shape index (κ2) is 4.20. The molecule has 72 valence electrons. The van der Waals surface area contributed by atoms with Gasteiger partial charge in [-0.05, 0) is 12.1 Å². The van der Waals surface area contributed by atoms with Crippen molar-refractivity contribution in [2.75, 3.05) is 7.11 Å². The summed E-state index contributed by atoms with van der Waals surface area (Å²) in [6.45, 7) is 0. The number of hydrogen-bond donors (Lipinski definition) is 1. The smallest absolute Gasteiger partial charge is 0.341 e. The Morgan fingerprint density at radius 3 is 2.79 bits per heavy atom. The molecule has 0 aliphatic carbocycles. The monoisotopic (exact) mass is 193 g/mol. The van der Waals surface area contributed by atoms with Gasteiger partial charge >= 0.3 is 5.97 Å². The van der Waals surface area contributed by atoms with Gasteiger partial charge in [-0.2, -0.15) is 4.99 Å². The molecule has 0 saturated carbocycles. The molecule has 0 aliphatic rings. The molecule has 0 atom stereocenters. The molecular weight excluding hydrogens is 186 g/mol. The minimum absolute atomic E-state index is 0.0253. The molecule has 0 fully saturated rings. The lowest BCUT2D eigenvalue weighted by Gasteiger charge is -2.01. The van der Waals surface area contributed by atoms with Gasteiger partial charge in [-0.15, -0.1) is 0 Å². The number of benzene rings is 1. The molecule has 5 nitrogen and oxygen atoms in total. The van der Waals surface area contributed by atoms with Gasteiger partial charge in [-0.25, -0.2) is 9.59 Å². The zero-order valence-corrected chi connectivity index (χ0v) is 7.35. The molecule has 0 aliphatic heterocycles. The van der Waals surface area contributed by atoms with Crippen molar-refractivity contribution < 1.29 is 19.4 Å². The number of esters is 1. The van der Waals surface area contributed by atoms with Crippen molar-refractivity contribution in [1.82, 2.24) is 0 Å². The van der Waals surface area contributed by atoms with Crippen molar-refractivity contribution in [3.8, 4) is 5.75 Å². The number of methoxy groups -OCH3 is 1. The molecular formula is C9H7NO4. The first-order valence-corrected chi connectivity index (χ1v) is 3.68. The second-order valence-corrected chi connectivity index (χ2v) is 2.40. The van der Waals surface area contributed by atoms with E-state index in [0.29, 0.717) is 0 Å². The number of nitrogens with zero attached hydrogens (tertiary/aromatic N) is 1. The number of isocyanates is 1. The zero-order chi connectivity index (χ0) is 10.6. The number of ether oxygens (including phenoxy) is 1. The van der Waals surface area contributed by atoms with Gasteiger partial charge < -0.3 is 9.84 Å². The molecule has 0 unspecified atom stereocenters. The molecule has 0 amide bonds. The molecule has 0 radical (unpaired) electrons. The first kappa shape index (κ1) is 9.95. The van der Waals surface area contributed by atoms with Crippen LogP contribution in [-0.2, 0) is 9.53 Å². The third-order valence-corrected chi connectivity index (χ3v) is 1.56. The lowest BCUT2D eigenvalue weighted by atomic mass is 10.2. The Morgan fingerprint density at radius 1 is 1.57 bits per heavy atom. The molecule has 0 bridgehead atoms. The van der Waals surface area contributed by atoms with Crippen LogP contribution >= 0.6 is 0 Å². The molecule has 0 aromatic heterocycles. The Morgan fingerprint density at radius 2 is 2.29 bits per heavy atom. The van der Waals surface area contributed by atoms with E-state index in [0.717, 1.165) is 0 Å². The van der Waals surface area contributed by atoms with Gasteiger partial charge in [0.2, 0.25) is 6.08 Å². The fourth-order valence-electron chi connectivity index (χ4n) is 0.925. The highest BCUT2D eigenvalue weighted by Crippen LogP contribution is 2.23. The van der Waals surface area contributed by atoms with E-state index in [1.165, 1.54) is 31.4 Å². The van der Waals surface area contributed by atoms with Crippen molar-refractivity contribution in [2.45, 2.75) is 0 Å². The van der Waals surface area contributed by atoms with E-state index in [-0.39, 0.29) is 17.0 Å². The number of aromatic hydroxyl groups is 1. The Balaban J connectivity index is 3.13. The molecule has 0 heterocycles. The van der Waals surface area contributed by atoms with E-state index in [1.807, 2.05) is 0 Å². The summed E-state index contributed by atoms with van der Waals surface area (Å²) in [6, 6.07) is 3.89. The molecule has 0 spiro atoms. The van der Waals surface area contributed by atoms with Crippen LogP contribution in [0, 0.1) is 0 Å². The highest BCUT2D eigenvalue weighted by Gasteiger charge is 2.10. The number of carbonyl (C=O) groups excluding carboxylic acids is 2. The summed E-state index contributed by atoms with van der Waals surface area (Å²) in [6.07, 6.45) is 1.32. The standard InChI is InChI=1S/C9H7NO4/c1-14-9(13)7-3-2-6(10-5-11)4-8(7)12/h2-4,12H,1H3. The van der Waals surface area contributed by atoms with Crippen LogP contribution < -0.4 is 0 Å². The van der Waals surface area contributed by atoms with Gasteiger partial charge in [0.15, 0.2) is 0 Å². The fourth-order valence-corrected chi connectivity index (χ4v) is 0.925.